The third-order valence-corrected chi connectivity index (χ3v) is 4.25. The van der Waals surface area contributed by atoms with E-state index in [4.69, 9.17) is 5.73 Å². The van der Waals surface area contributed by atoms with Crippen LogP contribution in [0.4, 0.5) is 0 Å². The number of amides is 1. The summed E-state index contributed by atoms with van der Waals surface area (Å²) in [5.41, 5.74) is 10.9. The van der Waals surface area contributed by atoms with Gasteiger partial charge in [0.25, 0.3) is 0 Å². The van der Waals surface area contributed by atoms with Gasteiger partial charge >= 0.3 is 0 Å². The molecule has 1 amide bonds. The van der Waals surface area contributed by atoms with Gasteiger partial charge in [-0.1, -0.05) is 18.2 Å². The molecule has 3 aromatic rings. The quantitative estimate of drug-likeness (QED) is 0.649. The molecule has 0 spiro atoms. The van der Waals surface area contributed by atoms with E-state index in [-0.39, 0.29) is 5.91 Å². The minimum Gasteiger partial charge on any atom is -0.361 e. The van der Waals surface area contributed by atoms with E-state index in [1.165, 1.54) is 0 Å². The number of hydrogen-bond acceptors (Lipinski definition) is 4. The van der Waals surface area contributed by atoms with Crippen molar-refractivity contribution in [3.05, 3.63) is 52.6 Å². The monoisotopic (exact) mass is 314 g/mol. The van der Waals surface area contributed by atoms with Crippen LogP contribution in [0.5, 0.6) is 0 Å². The fraction of sp³-hybridized carbons (Fsp3) is 0.250. The maximum Gasteiger partial charge on any atom is 0.237 e. The molecule has 0 saturated carbocycles. The van der Waals surface area contributed by atoms with E-state index in [2.05, 4.69) is 15.3 Å². The third kappa shape index (κ3) is 3.35. The zero-order valence-corrected chi connectivity index (χ0v) is 12.9. The van der Waals surface area contributed by atoms with Crippen molar-refractivity contribution in [1.82, 2.24) is 15.3 Å². The molecule has 3 rings (SSSR count). The predicted molar refractivity (Wildman–Crippen MR) is 88.8 cm³/mol. The number of nitrogens with zero attached hydrogens (tertiary/aromatic N) is 1. The first-order valence-corrected chi connectivity index (χ1v) is 8.13. The summed E-state index contributed by atoms with van der Waals surface area (Å²) in [5, 5.41) is 5.97. The summed E-state index contributed by atoms with van der Waals surface area (Å²) in [7, 11) is 0. The van der Waals surface area contributed by atoms with Crippen molar-refractivity contribution in [2.45, 2.75) is 18.9 Å². The number of carbonyl (C=O) groups excluding carboxylic acids is 1. The number of nitrogens with one attached hydrogen (secondary N) is 2. The highest BCUT2D eigenvalue weighted by molar-refractivity contribution is 7.07. The Balaban J connectivity index is 1.54. The highest BCUT2D eigenvalue weighted by Gasteiger charge is 2.15. The maximum atomic E-state index is 12.1. The summed E-state index contributed by atoms with van der Waals surface area (Å²) in [4.78, 5) is 19.5. The molecule has 4 N–H and O–H groups in total. The fourth-order valence-corrected chi connectivity index (χ4v) is 3.03. The maximum absolute atomic E-state index is 12.1. The second-order valence-electron chi connectivity index (χ2n) is 5.19. The van der Waals surface area contributed by atoms with Gasteiger partial charge in [-0.05, 0) is 18.1 Å². The minimum absolute atomic E-state index is 0.125. The van der Waals surface area contributed by atoms with E-state index in [1.54, 1.807) is 16.8 Å². The Morgan fingerprint density at radius 2 is 2.27 bits per heavy atom. The van der Waals surface area contributed by atoms with Crippen LogP contribution < -0.4 is 11.1 Å². The molecule has 2 heterocycles. The number of carbonyl (C=O) groups is 1. The molecule has 0 unspecified atom stereocenters. The van der Waals surface area contributed by atoms with Crippen molar-refractivity contribution in [2.75, 3.05) is 6.54 Å². The van der Waals surface area contributed by atoms with Gasteiger partial charge in [0.15, 0.2) is 0 Å². The van der Waals surface area contributed by atoms with Crippen LogP contribution in [0.25, 0.3) is 10.9 Å². The molecule has 5 nitrogen and oxygen atoms in total. The van der Waals surface area contributed by atoms with Crippen LogP contribution in [0.15, 0.2) is 41.4 Å². The number of rotatable bonds is 6. The summed E-state index contributed by atoms with van der Waals surface area (Å²) in [5.74, 6) is -0.125. The molecular weight excluding hydrogens is 296 g/mol. The predicted octanol–water partition coefficient (Wildman–Crippen LogP) is 1.85. The van der Waals surface area contributed by atoms with Gasteiger partial charge in [-0.3, -0.25) is 4.79 Å². The fourth-order valence-electron chi connectivity index (χ4n) is 2.44. The van der Waals surface area contributed by atoms with Crippen molar-refractivity contribution < 1.29 is 4.79 Å². The normalized spacial score (nSPS) is 12.4. The first kappa shape index (κ1) is 14.7. The molecule has 0 aliphatic rings. The van der Waals surface area contributed by atoms with Gasteiger partial charge in [-0.25, -0.2) is 4.98 Å². The van der Waals surface area contributed by atoms with Crippen molar-refractivity contribution in [3.8, 4) is 0 Å². The molecule has 0 fully saturated rings. The topological polar surface area (TPSA) is 83.8 Å². The Morgan fingerprint density at radius 1 is 1.41 bits per heavy atom. The van der Waals surface area contributed by atoms with E-state index >= 15 is 0 Å². The zero-order chi connectivity index (χ0) is 15.4. The van der Waals surface area contributed by atoms with Crippen molar-refractivity contribution in [2.24, 2.45) is 5.73 Å². The molecule has 0 aliphatic carbocycles. The second kappa shape index (κ2) is 6.72. The highest BCUT2D eigenvalue weighted by atomic mass is 32.1. The van der Waals surface area contributed by atoms with Crippen LogP contribution >= 0.6 is 11.3 Å². The minimum atomic E-state index is -0.547. The van der Waals surface area contributed by atoms with Gasteiger partial charge < -0.3 is 16.0 Å². The smallest absolute Gasteiger partial charge is 0.237 e. The molecule has 6 heteroatoms. The van der Waals surface area contributed by atoms with E-state index in [1.807, 2.05) is 35.8 Å². The number of fused-ring (bicyclic) bond motifs is 1. The Hall–Kier alpha value is -2.18. The Bertz CT molecular complexity index is 750. The van der Waals surface area contributed by atoms with Crippen LogP contribution in [-0.4, -0.2) is 28.5 Å². The molecule has 1 atom stereocenters. The molecule has 114 valence electrons. The summed E-state index contributed by atoms with van der Waals surface area (Å²) < 4.78 is 0. The lowest BCUT2D eigenvalue weighted by molar-refractivity contribution is -0.122. The SMILES string of the molecule is N[C@@H](Cc1c[nH]c2ccccc12)C(=O)NCCc1cscn1. The summed E-state index contributed by atoms with van der Waals surface area (Å²) in [6.07, 6.45) is 3.18. The van der Waals surface area contributed by atoms with E-state index in [0.717, 1.165) is 28.6 Å². The Labute approximate surface area is 132 Å². The molecule has 0 saturated heterocycles. The number of aromatic nitrogens is 2. The highest BCUT2D eigenvalue weighted by Crippen LogP contribution is 2.18. The van der Waals surface area contributed by atoms with Crippen LogP contribution in [0, 0.1) is 0 Å². The first-order valence-electron chi connectivity index (χ1n) is 7.19. The van der Waals surface area contributed by atoms with Crippen molar-refractivity contribution in [1.29, 1.82) is 0 Å². The molecule has 2 aromatic heterocycles. The molecule has 0 bridgehead atoms. The van der Waals surface area contributed by atoms with E-state index in [9.17, 15) is 4.79 Å². The number of thiazole rings is 1. The first-order chi connectivity index (χ1) is 10.7. The average Bonchev–Trinajstić information content (AvgIpc) is 3.17. The molecule has 0 radical (unpaired) electrons. The van der Waals surface area contributed by atoms with Gasteiger partial charge in [0.05, 0.1) is 17.2 Å². The standard InChI is InChI=1S/C16H18N4OS/c17-14(16(21)18-6-5-12-9-22-10-20-12)7-11-8-19-15-4-2-1-3-13(11)15/h1-4,8-10,14,19H,5-7,17H2,(H,18,21)/t14-/m0/s1. The van der Waals surface area contributed by atoms with Crippen molar-refractivity contribution in [3.63, 3.8) is 0 Å². The lowest BCUT2D eigenvalue weighted by atomic mass is 10.1. The number of nitrogens with two attached hydrogens (primary N) is 1. The number of para-hydroxylation sites is 1. The third-order valence-electron chi connectivity index (χ3n) is 3.62. The van der Waals surface area contributed by atoms with Crippen LogP contribution in [0.3, 0.4) is 0 Å². The number of hydrogen-bond donors (Lipinski definition) is 3. The number of H-pyrrole nitrogens is 1. The van der Waals surface area contributed by atoms with Crippen LogP contribution in [0.1, 0.15) is 11.3 Å². The van der Waals surface area contributed by atoms with Gasteiger partial charge in [-0.15, -0.1) is 11.3 Å². The van der Waals surface area contributed by atoms with Gasteiger partial charge in [0, 0.05) is 35.4 Å². The Kier molecular flexibility index (Phi) is 4.50. The summed E-state index contributed by atoms with van der Waals surface area (Å²) in [6, 6.07) is 7.47. The molecular formula is C16H18N4OS. The molecule has 1 aromatic carbocycles. The summed E-state index contributed by atoms with van der Waals surface area (Å²) >= 11 is 1.56. The van der Waals surface area contributed by atoms with Gasteiger partial charge in [0.1, 0.15) is 0 Å². The number of benzene rings is 1. The largest absolute Gasteiger partial charge is 0.361 e. The lowest BCUT2D eigenvalue weighted by Crippen LogP contribution is -2.42. The van der Waals surface area contributed by atoms with Crippen LogP contribution in [0.2, 0.25) is 0 Å². The zero-order valence-electron chi connectivity index (χ0n) is 12.1. The number of aromatic amines is 1. The molecule has 22 heavy (non-hydrogen) atoms. The van der Waals surface area contributed by atoms with Crippen molar-refractivity contribution >= 4 is 28.1 Å². The molecule has 0 aliphatic heterocycles. The van der Waals surface area contributed by atoms with Gasteiger partial charge in [0.2, 0.25) is 5.91 Å². The van der Waals surface area contributed by atoms with E-state index < -0.39 is 6.04 Å². The van der Waals surface area contributed by atoms with Gasteiger partial charge in [-0.2, -0.15) is 0 Å². The second-order valence-corrected chi connectivity index (χ2v) is 5.91. The summed E-state index contributed by atoms with van der Waals surface area (Å²) in [6.45, 7) is 0.560. The average molecular weight is 314 g/mol. The van der Waals surface area contributed by atoms with E-state index in [0.29, 0.717) is 13.0 Å². The van der Waals surface area contributed by atoms with Crippen LogP contribution in [-0.2, 0) is 17.6 Å². The lowest BCUT2D eigenvalue weighted by Gasteiger charge is -2.11. The Morgan fingerprint density at radius 3 is 3.09 bits per heavy atom.